The summed E-state index contributed by atoms with van der Waals surface area (Å²) in [6.45, 7) is 19.0. The Hall–Kier alpha value is 0.137. The molecule has 0 aromatic carbocycles. The van der Waals surface area contributed by atoms with E-state index in [1.807, 2.05) is 0 Å². The van der Waals surface area contributed by atoms with Crippen molar-refractivity contribution < 1.29 is 9.16 Å². The lowest BCUT2D eigenvalue weighted by Gasteiger charge is -2.41. The molecule has 0 aromatic rings. The van der Waals surface area contributed by atoms with E-state index in [1.54, 1.807) is 0 Å². The predicted molar refractivity (Wildman–Crippen MR) is 71.0 cm³/mol. The fourth-order valence-corrected chi connectivity index (χ4v) is 2.78. The van der Waals surface area contributed by atoms with Crippen LogP contribution in [-0.2, 0) is 9.16 Å². The molecule has 0 radical (unpaired) electrons. The number of hydrogen-bond acceptors (Lipinski definition) is 2. The maximum Gasteiger partial charge on any atom is 0.195 e. The second-order valence-corrected chi connectivity index (χ2v) is 12.0. The van der Waals surface area contributed by atoms with E-state index in [9.17, 15) is 0 Å². The van der Waals surface area contributed by atoms with Gasteiger partial charge in [-0.3, -0.25) is 0 Å². The minimum Gasteiger partial charge on any atom is -0.392 e. The van der Waals surface area contributed by atoms with Gasteiger partial charge in [-0.25, -0.2) is 0 Å². The van der Waals surface area contributed by atoms with E-state index >= 15 is 0 Å². The highest BCUT2D eigenvalue weighted by Gasteiger charge is 2.48. The quantitative estimate of drug-likeness (QED) is 0.683. The first kappa shape index (κ1) is 14.2. The first-order valence-corrected chi connectivity index (χ1v) is 9.19. The molecule has 1 heterocycles. The van der Waals surface area contributed by atoms with E-state index in [1.165, 1.54) is 0 Å². The topological polar surface area (TPSA) is 18.5 Å². The van der Waals surface area contributed by atoms with Crippen molar-refractivity contribution in [2.75, 3.05) is 6.61 Å². The molecular formula is C13H28O2Si. The molecule has 96 valence electrons. The summed E-state index contributed by atoms with van der Waals surface area (Å²) < 4.78 is 12.2. The van der Waals surface area contributed by atoms with Crippen LogP contribution in [0.4, 0.5) is 0 Å². The Balaban J connectivity index is 2.76. The van der Waals surface area contributed by atoms with Crippen molar-refractivity contribution in [1.29, 1.82) is 0 Å². The largest absolute Gasteiger partial charge is 0.392 e. The van der Waals surface area contributed by atoms with Gasteiger partial charge in [0, 0.05) is 5.41 Å². The molecule has 1 aliphatic heterocycles. The van der Waals surface area contributed by atoms with Gasteiger partial charge in [-0.2, -0.15) is 0 Å². The van der Waals surface area contributed by atoms with Gasteiger partial charge in [0.2, 0.25) is 0 Å². The third-order valence-electron chi connectivity index (χ3n) is 4.58. The number of rotatable bonds is 2. The highest BCUT2D eigenvalue weighted by atomic mass is 28.4. The van der Waals surface area contributed by atoms with Gasteiger partial charge in [0.25, 0.3) is 0 Å². The van der Waals surface area contributed by atoms with Gasteiger partial charge < -0.3 is 9.16 Å². The zero-order valence-electron chi connectivity index (χ0n) is 12.2. The van der Waals surface area contributed by atoms with Crippen molar-refractivity contribution in [2.24, 2.45) is 11.3 Å². The molecule has 0 aromatic heterocycles. The van der Waals surface area contributed by atoms with Crippen LogP contribution in [0.15, 0.2) is 0 Å². The first-order valence-electron chi connectivity index (χ1n) is 6.28. The van der Waals surface area contributed by atoms with E-state index < -0.39 is 8.32 Å². The van der Waals surface area contributed by atoms with Gasteiger partial charge in [0.1, 0.15) is 0 Å². The van der Waals surface area contributed by atoms with Crippen LogP contribution in [-0.4, -0.2) is 21.2 Å². The maximum absolute atomic E-state index is 6.37. The predicted octanol–water partition coefficient (Wildman–Crippen LogP) is 4.03. The molecule has 2 unspecified atom stereocenters. The van der Waals surface area contributed by atoms with E-state index in [0.29, 0.717) is 5.92 Å². The van der Waals surface area contributed by atoms with E-state index in [2.05, 4.69) is 54.6 Å². The standard InChI is InChI=1S/C13H28O2Si/c1-10-9-14-11(13(10,5)6)15-16(7,8)12(2,3)4/h10-11H,9H2,1-8H3. The zero-order chi connectivity index (χ0) is 12.8. The fourth-order valence-electron chi connectivity index (χ4n) is 1.52. The highest BCUT2D eigenvalue weighted by molar-refractivity contribution is 6.74. The Morgan fingerprint density at radius 3 is 2.06 bits per heavy atom. The molecule has 1 aliphatic rings. The molecule has 0 N–H and O–H groups in total. The molecule has 2 nitrogen and oxygen atoms in total. The van der Waals surface area contributed by atoms with Crippen LogP contribution < -0.4 is 0 Å². The van der Waals surface area contributed by atoms with Gasteiger partial charge in [0.15, 0.2) is 14.6 Å². The van der Waals surface area contributed by atoms with Crippen molar-refractivity contribution >= 4 is 8.32 Å². The van der Waals surface area contributed by atoms with Gasteiger partial charge >= 0.3 is 0 Å². The average Bonchev–Trinajstić information content (AvgIpc) is 2.29. The van der Waals surface area contributed by atoms with Crippen LogP contribution in [0, 0.1) is 11.3 Å². The smallest absolute Gasteiger partial charge is 0.195 e. The molecule has 3 heteroatoms. The van der Waals surface area contributed by atoms with Crippen molar-refractivity contribution in [3.8, 4) is 0 Å². The Kier molecular flexibility index (Phi) is 3.65. The van der Waals surface area contributed by atoms with Crippen LogP contribution >= 0.6 is 0 Å². The lowest BCUT2D eigenvalue weighted by atomic mass is 9.82. The van der Waals surface area contributed by atoms with E-state index in [0.717, 1.165) is 6.61 Å². The fraction of sp³-hybridized carbons (Fsp3) is 1.00. The van der Waals surface area contributed by atoms with Gasteiger partial charge in [-0.15, -0.1) is 0 Å². The molecule has 1 rings (SSSR count). The van der Waals surface area contributed by atoms with E-state index in [4.69, 9.17) is 9.16 Å². The summed E-state index contributed by atoms with van der Waals surface area (Å²) in [4.78, 5) is 0. The summed E-state index contributed by atoms with van der Waals surface area (Å²) in [6, 6.07) is 0. The lowest BCUT2D eigenvalue weighted by molar-refractivity contribution is -0.0968. The molecule has 0 aliphatic carbocycles. The van der Waals surface area contributed by atoms with Crippen LogP contribution in [0.3, 0.4) is 0 Å². The molecule has 16 heavy (non-hydrogen) atoms. The third kappa shape index (κ3) is 2.52. The van der Waals surface area contributed by atoms with Crippen LogP contribution in [0.25, 0.3) is 0 Å². The summed E-state index contributed by atoms with van der Waals surface area (Å²) >= 11 is 0. The summed E-state index contributed by atoms with van der Waals surface area (Å²) in [5.41, 5.74) is 0.134. The third-order valence-corrected chi connectivity index (χ3v) is 9.00. The second-order valence-electron chi connectivity index (χ2n) is 7.27. The molecule has 2 atom stereocenters. The van der Waals surface area contributed by atoms with Crippen molar-refractivity contribution in [3.63, 3.8) is 0 Å². The highest BCUT2D eigenvalue weighted by Crippen LogP contribution is 2.44. The SMILES string of the molecule is CC1COC(O[Si](C)(C)C(C)(C)C)C1(C)C. The van der Waals surface area contributed by atoms with Crippen molar-refractivity contribution in [1.82, 2.24) is 0 Å². The minimum atomic E-state index is -1.71. The van der Waals surface area contributed by atoms with Crippen LogP contribution in [0.1, 0.15) is 41.5 Å². The van der Waals surface area contributed by atoms with Gasteiger partial charge in [-0.05, 0) is 24.1 Å². The van der Waals surface area contributed by atoms with Crippen molar-refractivity contribution in [3.05, 3.63) is 0 Å². The van der Waals surface area contributed by atoms with Crippen LogP contribution in [0.5, 0.6) is 0 Å². The molecule has 0 saturated carbocycles. The van der Waals surface area contributed by atoms with Crippen molar-refractivity contribution in [2.45, 2.75) is 66.0 Å². The van der Waals surface area contributed by atoms with Gasteiger partial charge in [-0.1, -0.05) is 41.5 Å². The Bertz CT molecular complexity index is 253. The van der Waals surface area contributed by atoms with Gasteiger partial charge in [0.05, 0.1) is 6.61 Å². The minimum absolute atomic E-state index is 0.0246. The Labute approximate surface area is 102 Å². The monoisotopic (exact) mass is 244 g/mol. The molecule has 1 fully saturated rings. The Morgan fingerprint density at radius 2 is 1.75 bits per heavy atom. The second kappa shape index (κ2) is 4.11. The Morgan fingerprint density at radius 1 is 1.25 bits per heavy atom. The summed E-state index contributed by atoms with van der Waals surface area (Å²) in [5.74, 6) is 0.572. The maximum atomic E-state index is 6.37. The zero-order valence-corrected chi connectivity index (χ0v) is 13.2. The number of ether oxygens (including phenoxy) is 1. The molecule has 0 amide bonds. The molecule has 0 bridgehead atoms. The molecule has 1 saturated heterocycles. The normalized spacial score (nSPS) is 30.8. The first-order chi connectivity index (χ1) is 6.98. The van der Waals surface area contributed by atoms with Crippen LogP contribution in [0.2, 0.25) is 18.1 Å². The summed E-state index contributed by atoms with van der Waals surface area (Å²) in [5, 5.41) is 0.248. The summed E-state index contributed by atoms with van der Waals surface area (Å²) in [7, 11) is -1.71. The molecule has 0 spiro atoms. The van der Waals surface area contributed by atoms with E-state index in [-0.39, 0.29) is 16.7 Å². The summed E-state index contributed by atoms with van der Waals surface area (Å²) in [6.07, 6.45) is -0.0246. The lowest BCUT2D eigenvalue weighted by Crippen LogP contribution is -2.47. The number of hydrogen-bond donors (Lipinski definition) is 0. The average molecular weight is 244 g/mol. The molecular weight excluding hydrogens is 216 g/mol.